The fourth-order valence-corrected chi connectivity index (χ4v) is 1.79. The Morgan fingerprint density at radius 1 is 1.50 bits per heavy atom. The Hall–Kier alpha value is -1.09. The van der Waals surface area contributed by atoms with Crippen molar-refractivity contribution in [2.24, 2.45) is 5.92 Å². The monoisotopic (exact) mass is 240 g/mol. The number of carbonyl (C=O) groups is 1. The van der Waals surface area contributed by atoms with Crippen LogP contribution in [0.3, 0.4) is 0 Å². The highest BCUT2D eigenvalue weighted by Gasteiger charge is 2.11. The third-order valence-corrected chi connectivity index (χ3v) is 2.40. The molecule has 88 valence electrons. The normalized spacial score (nSPS) is 12.6. The molecule has 1 rings (SSSR count). The molecule has 1 amide bonds. The summed E-state index contributed by atoms with van der Waals surface area (Å²) in [7, 11) is 0. The van der Waals surface area contributed by atoms with Crippen molar-refractivity contribution < 1.29 is 4.79 Å². The van der Waals surface area contributed by atoms with Gasteiger partial charge in [0.1, 0.15) is 5.15 Å². The maximum absolute atomic E-state index is 11.8. The van der Waals surface area contributed by atoms with E-state index in [0.29, 0.717) is 16.6 Å². The number of rotatable bonds is 4. The minimum atomic E-state index is -0.0996. The molecule has 1 atom stereocenters. The van der Waals surface area contributed by atoms with Crippen LogP contribution in [0.1, 0.15) is 37.6 Å². The molecule has 1 unspecified atom stereocenters. The minimum absolute atomic E-state index is 0.0996. The van der Waals surface area contributed by atoms with Crippen LogP contribution < -0.4 is 5.32 Å². The summed E-state index contributed by atoms with van der Waals surface area (Å²) >= 11 is 5.72. The fraction of sp³-hybridized carbons (Fsp3) is 0.500. The number of pyridine rings is 1. The van der Waals surface area contributed by atoms with Crippen molar-refractivity contribution in [2.75, 3.05) is 0 Å². The fourth-order valence-electron chi connectivity index (χ4n) is 1.62. The van der Waals surface area contributed by atoms with E-state index in [4.69, 9.17) is 11.6 Å². The van der Waals surface area contributed by atoms with Gasteiger partial charge < -0.3 is 5.32 Å². The quantitative estimate of drug-likeness (QED) is 0.823. The maximum atomic E-state index is 11.8. The Balaban J connectivity index is 2.59. The molecule has 0 aliphatic rings. The van der Waals surface area contributed by atoms with Crippen LogP contribution in [-0.2, 0) is 0 Å². The molecule has 3 nitrogen and oxygen atoms in total. The smallest absolute Gasteiger partial charge is 0.251 e. The van der Waals surface area contributed by atoms with Crippen molar-refractivity contribution in [3.8, 4) is 0 Å². The number of amides is 1. The number of halogens is 1. The van der Waals surface area contributed by atoms with Gasteiger partial charge in [-0.25, -0.2) is 4.98 Å². The standard InChI is InChI=1S/C12H17ClN2O/c1-8(2)6-9(3)15-12(16)10-4-5-14-11(13)7-10/h4-5,7-9H,6H2,1-3H3,(H,15,16). The van der Waals surface area contributed by atoms with Gasteiger partial charge in [0, 0.05) is 17.8 Å². The molecular weight excluding hydrogens is 224 g/mol. The Morgan fingerprint density at radius 3 is 2.75 bits per heavy atom. The summed E-state index contributed by atoms with van der Waals surface area (Å²) in [4.78, 5) is 15.6. The Labute approximate surface area is 101 Å². The van der Waals surface area contributed by atoms with Crippen LogP contribution in [0.2, 0.25) is 5.15 Å². The summed E-state index contributed by atoms with van der Waals surface area (Å²) in [5.41, 5.74) is 0.551. The lowest BCUT2D eigenvalue weighted by atomic mass is 10.1. The van der Waals surface area contributed by atoms with Crippen molar-refractivity contribution in [3.05, 3.63) is 29.0 Å². The zero-order valence-corrected chi connectivity index (χ0v) is 10.6. The zero-order chi connectivity index (χ0) is 12.1. The summed E-state index contributed by atoms with van der Waals surface area (Å²) in [5, 5.41) is 3.27. The van der Waals surface area contributed by atoms with E-state index < -0.39 is 0 Å². The molecule has 0 spiro atoms. The average Bonchev–Trinajstić information content (AvgIpc) is 2.16. The third kappa shape index (κ3) is 4.19. The number of carbonyl (C=O) groups excluding carboxylic acids is 1. The van der Waals surface area contributed by atoms with Crippen molar-refractivity contribution in [3.63, 3.8) is 0 Å². The van der Waals surface area contributed by atoms with Crippen molar-refractivity contribution in [2.45, 2.75) is 33.2 Å². The molecular formula is C12H17ClN2O. The van der Waals surface area contributed by atoms with Crippen LogP contribution >= 0.6 is 11.6 Å². The van der Waals surface area contributed by atoms with E-state index in [2.05, 4.69) is 24.1 Å². The predicted molar refractivity (Wildman–Crippen MR) is 65.6 cm³/mol. The average molecular weight is 241 g/mol. The molecule has 16 heavy (non-hydrogen) atoms. The molecule has 4 heteroatoms. The molecule has 0 fully saturated rings. The topological polar surface area (TPSA) is 42.0 Å². The van der Waals surface area contributed by atoms with Gasteiger partial charge in [0.25, 0.3) is 5.91 Å². The van der Waals surface area contributed by atoms with E-state index in [0.717, 1.165) is 6.42 Å². The lowest BCUT2D eigenvalue weighted by Gasteiger charge is -2.15. The molecule has 0 bridgehead atoms. The van der Waals surface area contributed by atoms with E-state index in [1.165, 1.54) is 6.20 Å². The number of nitrogens with one attached hydrogen (secondary N) is 1. The first-order valence-corrected chi connectivity index (χ1v) is 5.79. The molecule has 1 N–H and O–H groups in total. The van der Waals surface area contributed by atoms with Gasteiger partial charge in [-0.05, 0) is 31.4 Å². The predicted octanol–water partition coefficient (Wildman–Crippen LogP) is 2.90. The summed E-state index contributed by atoms with van der Waals surface area (Å²) in [5.74, 6) is 0.466. The summed E-state index contributed by atoms with van der Waals surface area (Å²) in [6, 6.07) is 3.39. The first-order chi connectivity index (χ1) is 7.49. The van der Waals surface area contributed by atoms with Crippen LogP contribution in [-0.4, -0.2) is 16.9 Å². The first kappa shape index (κ1) is 13.0. The van der Waals surface area contributed by atoms with Crippen LogP contribution in [0.4, 0.5) is 0 Å². The van der Waals surface area contributed by atoms with Gasteiger partial charge in [0.2, 0.25) is 0 Å². The van der Waals surface area contributed by atoms with Gasteiger partial charge >= 0.3 is 0 Å². The van der Waals surface area contributed by atoms with E-state index in [1.54, 1.807) is 12.1 Å². The molecule has 0 aromatic carbocycles. The minimum Gasteiger partial charge on any atom is -0.350 e. The molecule has 1 aromatic rings. The van der Waals surface area contributed by atoms with E-state index in [1.807, 2.05) is 6.92 Å². The summed E-state index contributed by atoms with van der Waals surface area (Å²) in [6.45, 7) is 6.26. The Bertz CT molecular complexity index is 366. The second-order valence-corrected chi connectivity index (χ2v) is 4.76. The molecule has 0 aliphatic heterocycles. The van der Waals surface area contributed by atoms with Crippen LogP contribution in [0.25, 0.3) is 0 Å². The van der Waals surface area contributed by atoms with Gasteiger partial charge in [-0.1, -0.05) is 25.4 Å². The lowest BCUT2D eigenvalue weighted by Crippen LogP contribution is -2.33. The molecule has 0 radical (unpaired) electrons. The molecule has 0 saturated carbocycles. The highest BCUT2D eigenvalue weighted by atomic mass is 35.5. The van der Waals surface area contributed by atoms with E-state index in [9.17, 15) is 4.79 Å². The lowest BCUT2D eigenvalue weighted by molar-refractivity contribution is 0.0936. The molecule has 1 heterocycles. The molecule has 0 aliphatic carbocycles. The van der Waals surface area contributed by atoms with Crippen molar-refractivity contribution in [1.82, 2.24) is 10.3 Å². The molecule has 1 aromatic heterocycles. The van der Waals surface area contributed by atoms with Crippen LogP contribution in [0.5, 0.6) is 0 Å². The van der Waals surface area contributed by atoms with E-state index >= 15 is 0 Å². The number of hydrogen-bond donors (Lipinski definition) is 1. The Morgan fingerprint density at radius 2 is 2.19 bits per heavy atom. The largest absolute Gasteiger partial charge is 0.350 e. The third-order valence-electron chi connectivity index (χ3n) is 2.19. The summed E-state index contributed by atoms with van der Waals surface area (Å²) < 4.78 is 0. The first-order valence-electron chi connectivity index (χ1n) is 5.41. The van der Waals surface area contributed by atoms with Gasteiger partial charge in [-0.3, -0.25) is 4.79 Å². The SMILES string of the molecule is CC(C)CC(C)NC(=O)c1ccnc(Cl)c1. The zero-order valence-electron chi connectivity index (χ0n) is 9.83. The van der Waals surface area contributed by atoms with E-state index in [-0.39, 0.29) is 11.9 Å². The number of aromatic nitrogens is 1. The van der Waals surface area contributed by atoms with Crippen molar-refractivity contribution >= 4 is 17.5 Å². The highest BCUT2D eigenvalue weighted by molar-refractivity contribution is 6.29. The van der Waals surface area contributed by atoms with Gasteiger partial charge in [-0.15, -0.1) is 0 Å². The second kappa shape index (κ2) is 5.85. The molecule has 0 saturated heterocycles. The summed E-state index contributed by atoms with van der Waals surface area (Å²) in [6.07, 6.45) is 2.49. The number of nitrogens with zero attached hydrogens (tertiary/aromatic N) is 1. The van der Waals surface area contributed by atoms with Crippen LogP contribution in [0, 0.1) is 5.92 Å². The van der Waals surface area contributed by atoms with Gasteiger partial charge in [-0.2, -0.15) is 0 Å². The maximum Gasteiger partial charge on any atom is 0.251 e. The number of hydrogen-bond acceptors (Lipinski definition) is 2. The van der Waals surface area contributed by atoms with Gasteiger partial charge in [0.15, 0.2) is 0 Å². The van der Waals surface area contributed by atoms with Crippen molar-refractivity contribution in [1.29, 1.82) is 0 Å². The van der Waals surface area contributed by atoms with Crippen LogP contribution in [0.15, 0.2) is 18.3 Å². The van der Waals surface area contributed by atoms with Gasteiger partial charge in [0.05, 0.1) is 0 Å². The highest BCUT2D eigenvalue weighted by Crippen LogP contribution is 2.08. The Kier molecular flexibility index (Phi) is 4.74. The second-order valence-electron chi connectivity index (χ2n) is 4.37.